The van der Waals surface area contributed by atoms with Crippen molar-refractivity contribution in [3.63, 3.8) is 0 Å². The molecule has 2 heterocycles. The Balaban J connectivity index is 1.50. The normalized spacial score (nSPS) is 16.2. The molecule has 0 radical (unpaired) electrons. The van der Waals surface area contributed by atoms with Crippen molar-refractivity contribution in [3.05, 3.63) is 53.9 Å². The van der Waals surface area contributed by atoms with Crippen LogP contribution in [0.3, 0.4) is 0 Å². The predicted molar refractivity (Wildman–Crippen MR) is 85.3 cm³/mol. The summed E-state index contributed by atoms with van der Waals surface area (Å²) in [5.74, 6) is 0.216. The summed E-state index contributed by atoms with van der Waals surface area (Å²) >= 11 is 0. The molecule has 0 bridgehead atoms. The van der Waals surface area contributed by atoms with Gasteiger partial charge in [-0.15, -0.1) is 0 Å². The lowest BCUT2D eigenvalue weighted by Crippen LogP contribution is -2.50. The molecule has 1 aliphatic rings. The van der Waals surface area contributed by atoms with Crippen LogP contribution in [0.25, 0.3) is 0 Å². The van der Waals surface area contributed by atoms with E-state index in [0.29, 0.717) is 13.1 Å². The predicted octanol–water partition coefficient (Wildman–Crippen LogP) is 1.54. The number of nitrogens with zero attached hydrogens (tertiary/aromatic N) is 4. The van der Waals surface area contributed by atoms with Crippen molar-refractivity contribution in [3.8, 4) is 0 Å². The van der Waals surface area contributed by atoms with Gasteiger partial charge in [0.25, 0.3) is 0 Å². The van der Waals surface area contributed by atoms with Crippen molar-refractivity contribution >= 4 is 5.91 Å². The van der Waals surface area contributed by atoms with Crippen LogP contribution in [0.4, 0.5) is 0 Å². The second-order valence-electron chi connectivity index (χ2n) is 5.85. The van der Waals surface area contributed by atoms with E-state index in [4.69, 9.17) is 0 Å². The summed E-state index contributed by atoms with van der Waals surface area (Å²) in [4.78, 5) is 16.5. The number of carbonyl (C=O) groups is 1. The zero-order valence-corrected chi connectivity index (χ0v) is 13.0. The molecule has 5 heteroatoms. The smallest absolute Gasteiger partial charge is 0.237 e. The zero-order chi connectivity index (χ0) is 15.4. The van der Waals surface area contributed by atoms with Gasteiger partial charge in [-0.1, -0.05) is 29.8 Å². The molecule has 0 spiro atoms. The van der Waals surface area contributed by atoms with Crippen molar-refractivity contribution in [1.29, 1.82) is 0 Å². The molecule has 22 heavy (non-hydrogen) atoms. The van der Waals surface area contributed by atoms with Crippen molar-refractivity contribution < 1.29 is 4.79 Å². The fraction of sp³-hybridized carbons (Fsp3) is 0.412. The SMILES string of the molecule is Cc1cccc(CN2CCN(CCn3cccn3)CC2=O)c1. The monoisotopic (exact) mass is 298 g/mol. The molecule has 1 amide bonds. The van der Waals surface area contributed by atoms with E-state index in [9.17, 15) is 4.79 Å². The van der Waals surface area contributed by atoms with Crippen LogP contribution in [0, 0.1) is 6.92 Å². The van der Waals surface area contributed by atoms with Gasteiger partial charge in [-0.2, -0.15) is 5.10 Å². The maximum atomic E-state index is 12.3. The van der Waals surface area contributed by atoms with Crippen molar-refractivity contribution in [2.45, 2.75) is 20.0 Å². The lowest BCUT2D eigenvalue weighted by Gasteiger charge is -2.34. The van der Waals surface area contributed by atoms with E-state index in [1.807, 2.05) is 21.8 Å². The van der Waals surface area contributed by atoms with E-state index in [0.717, 1.165) is 26.2 Å². The van der Waals surface area contributed by atoms with E-state index < -0.39 is 0 Å². The van der Waals surface area contributed by atoms with Crippen LogP contribution in [-0.4, -0.2) is 51.7 Å². The minimum atomic E-state index is 0.216. The molecule has 1 aromatic carbocycles. The summed E-state index contributed by atoms with van der Waals surface area (Å²) in [6.45, 7) is 6.73. The topological polar surface area (TPSA) is 41.4 Å². The highest BCUT2D eigenvalue weighted by Gasteiger charge is 2.23. The number of benzene rings is 1. The second-order valence-corrected chi connectivity index (χ2v) is 5.85. The fourth-order valence-corrected chi connectivity index (χ4v) is 2.82. The van der Waals surface area contributed by atoms with Crippen molar-refractivity contribution in [2.24, 2.45) is 0 Å². The molecule has 0 N–H and O–H groups in total. The summed E-state index contributed by atoms with van der Waals surface area (Å²) in [6.07, 6.45) is 3.74. The molecule has 1 saturated heterocycles. The number of aryl methyl sites for hydroxylation is 1. The first kappa shape index (κ1) is 14.8. The summed E-state index contributed by atoms with van der Waals surface area (Å²) in [6, 6.07) is 10.3. The van der Waals surface area contributed by atoms with Crippen LogP contribution in [0.2, 0.25) is 0 Å². The van der Waals surface area contributed by atoms with Crippen LogP contribution < -0.4 is 0 Å². The van der Waals surface area contributed by atoms with E-state index in [2.05, 4.69) is 41.2 Å². The van der Waals surface area contributed by atoms with Crippen LogP contribution in [0.1, 0.15) is 11.1 Å². The Hall–Kier alpha value is -2.14. The van der Waals surface area contributed by atoms with Gasteiger partial charge in [0.1, 0.15) is 0 Å². The number of carbonyl (C=O) groups excluding carboxylic acids is 1. The fourth-order valence-electron chi connectivity index (χ4n) is 2.82. The van der Waals surface area contributed by atoms with Gasteiger partial charge in [-0.05, 0) is 18.6 Å². The quantitative estimate of drug-likeness (QED) is 0.841. The highest BCUT2D eigenvalue weighted by atomic mass is 16.2. The molecule has 1 fully saturated rings. The first-order valence-corrected chi connectivity index (χ1v) is 7.74. The Morgan fingerprint density at radius 3 is 2.82 bits per heavy atom. The third-order valence-electron chi connectivity index (χ3n) is 4.06. The van der Waals surface area contributed by atoms with Crippen molar-refractivity contribution in [1.82, 2.24) is 19.6 Å². The number of hydrogen-bond acceptors (Lipinski definition) is 3. The molecule has 0 aliphatic carbocycles. The van der Waals surface area contributed by atoms with Gasteiger partial charge in [-0.25, -0.2) is 0 Å². The average Bonchev–Trinajstić information content (AvgIpc) is 3.01. The van der Waals surface area contributed by atoms with Crippen LogP contribution in [0.15, 0.2) is 42.7 Å². The number of hydrogen-bond donors (Lipinski definition) is 0. The van der Waals surface area contributed by atoms with Gasteiger partial charge in [0, 0.05) is 38.6 Å². The number of piperazine rings is 1. The van der Waals surface area contributed by atoms with E-state index in [1.165, 1.54) is 11.1 Å². The molecule has 3 rings (SSSR count). The molecule has 116 valence electrons. The second kappa shape index (κ2) is 6.75. The molecule has 2 aromatic rings. The minimum Gasteiger partial charge on any atom is -0.336 e. The van der Waals surface area contributed by atoms with Gasteiger partial charge in [0.05, 0.1) is 13.1 Å². The Labute approximate surface area is 131 Å². The molecular weight excluding hydrogens is 276 g/mol. The standard InChI is InChI=1S/C17H22N4O/c1-15-4-2-5-16(12-15)13-20-10-8-19(14-17(20)22)9-11-21-7-3-6-18-21/h2-7,12H,8-11,13-14H2,1H3. The van der Waals surface area contributed by atoms with Gasteiger partial charge in [-0.3, -0.25) is 14.4 Å². The molecule has 0 unspecified atom stereocenters. The summed E-state index contributed by atoms with van der Waals surface area (Å²) < 4.78 is 1.91. The summed E-state index contributed by atoms with van der Waals surface area (Å²) in [7, 11) is 0. The molecule has 5 nitrogen and oxygen atoms in total. The van der Waals surface area contributed by atoms with Gasteiger partial charge in [0.2, 0.25) is 5.91 Å². The largest absolute Gasteiger partial charge is 0.336 e. The maximum absolute atomic E-state index is 12.3. The van der Waals surface area contributed by atoms with Gasteiger partial charge in [0.15, 0.2) is 0 Å². The molecule has 1 aromatic heterocycles. The van der Waals surface area contributed by atoms with Crippen LogP contribution in [-0.2, 0) is 17.9 Å². The first-order chi connectivity index (χ1) is 10.7. The van der Waals surface area contributed by atoms with E-state index in [1.54, 1.807) is 6.20 Å². The lowest BCUT2D eigenvalue weighted by atomic mass is 10.1. The molecule has 1 aliphatic heterocycles. The number of amides is 1. The third kappa shape index (κ3) is 3.74. The average molecular weight is 298 g/mol. The van der Waals surface area contributed by atoms with E-state index in [-0.39, 0.29) is 5.91 Å². The van der Waals surface area contributed by atoms with Crippen molar-refractivity contribution in [2.75, 3.05) is 26.2 Å². The van der Waals surface area contributed by atoms with Gasteiger partial charge < -0.3 is 4.90 Å². The van der Waals surface area contributed by atoms with Gasteiger partial charge >= 0.3 is 0 Å². The Kier molecular flexibility index (Phi) is 4.53. The molecule has 0 atom stereocenters. The zero-order valence-electron chi connectivity index (χ0n) is 13.0. The van der Waals surface area contributed by atoms with E-state index >= 15 is 0 Å². The molecular formula is C17H22N4O. The Bertz CT molecular complexity index is 623. The third-order valence-corrected chi connectivity index (χ3v) is 4.06. The Morgan fingerprint density at radius 2 is 2.09 bits per heavy atom. The lowest BCUT2D eigenvalue weighted by molar-refractivity contribution is -0.136. The number of rotatable bonds is 5. The maximum Gasteiger partial charge on any atom is 0.237 e. The van der Waals surface area contributed by atoms with Crippen LogP contribution >= 0.6 is 0 Å². The number of aromatic nitrogens is 2. The Morgan fingerprint density at radius 1 is 1.18 bits per heavy atom. The highest BCUT2D eigenvalue weighted by molar-refractivity contribution is 5.79. The molecule has 0 saturated carbocycles. The highest BCUT2D eigenvalue weighted by Crippen LogP contribution is 2.11. The first-order valence-electron chi connectivity index (χ1n) is 7.74. The van der Waals surface area contributed by atoms with Crippen LogP contribution in [0.5, 0.6) is 0 Å². The summed E-state index contributed by atoms with van der Waals surface area (Å²) in [5, 5.41) is 4.19. The minimum absolute atomic E-state index is 0.216. The summed E-state index contributed by atoms with van der Waals surface area (Å²) in [5.41, 5.74) is 2.45.